The van der Waals surface area contributed by atoms with Crippen molar-refractivity contribution in [2.45, 2.75) is 25.6 Å². The highest BCUT2D eigenvalue weighted by atomic mass is 32.2. The molecule has 0 saturated carbocycles. The quantitative estimate of drug-likeness (QED) is 0.166. The Balaban J connectivity index is 1.56. The molecule has 6 nitrogen and oxygen atoms in total. The van der Waals surface area contributed by atoms with Crippen LogP contribution in [0.2, 0.25) is 0 Å². The molecular weight excluding hydrogens is 542 g/mol. The molecular formula is C35H33N3O3S. The zero-order chi connectivity index (χ0) is 29.3. The number of carbonyl (C=O) groups is 2. The number of nitrogens with one attached hydrogen (secondary N) is 1. The third-order valence-electron chi connectivity index (χ3n) is 7.22. The maximum absolute atomic E-state index is 13.6. The molecule has 0 unspecified atom stereocenters. The summed E-state index contributed by atoms with van der Waals surface area (Å²) in [7, 11) is 0. The maximum atomic E-state index is 13.6. The molecule has 0 bridgehead atoms. The minimum atomic E-state index is -1.03. The van der Waals surface area contributed by atoms with Gasteiger partial charge in [0.2, 0.25) is 0 Å². The van der Waals surface area contributed by atoms with Gasteiger partial charge in [0.25, 0.3) is 5.91 Å². The molecule has 0 aliphatic rings. The number of aliphatic carboxylic acids is 1. The third-order valence-corrected chi connectivity index (χ3v) is 7.87. The van der Waals surface area contributed by atoms with Gasteiger partial charge >= 0.3 is 5.97 Å². The van der Waals surface area contributed by atoms with Crippen molar-refractivity contribution in [2.24, 2.45) is 0 Å². The van der Waals surface area contributed by atoms with E-state index in [9.17, 15) is 14.7 Å². The summed E-state index contributed by atoms with van der Waals surface area (Å²) in [6.45, 7) is 1.28. The minimum absolute atomic E-state index is 0.351. The smallest absolute Gasteiger partial charge is 0.326 e. The summed E-state index contributed by atoms with van der Waals surface area (Å²) < 4.78 is 0. The number of amides is 1. The first-order valence-corrected chi connectivity index (χ1v) is 15.3. The van der Waals surface area contributed by atoms with Gasteiger partial charge in [-0.3, -0.25) is 9.78 Å². The molecule has 5 aromatic rings. The predicted octanol–water partition coefficient (Wildman–Crippen LogP) is 7.04. The van der Waals surface area contributed by atoms with E-state index in [-0.39, 0.29) is 0 Å². The number of aromatic nitrogens is 1. The second-order valence-electron chi connectivity index (χ2n) is 10.1. The van der Waals surface area contributed by atoms with E-state index in [0.29, 0.717) is 30.8 Å². The fraction of sp³-hybridized carbons (Fsp3) is 0.171. The number of thioether (sulfide) groups is 1. The number of benzene rings is 4. The van der Waals surface area contributed by atoms with E-state index in [0.717, 1.165) is 33.2 Å². The number of hydrogen-bond acceptors (Lipinski definition) is 5. The van der Waals surface area contributed by atoms with Crippen molar-refractivity contribution in [1.82, 2.24) is 10.3 Å². The molecule has 212 valence electrons. The van der Waals surface area contributed by atoms with Crippen molar-refractivity contribution in [3.05, 3.63) is 132 Å². The Kier molecular flexibility index (Phi) is 9.51. The Morgan fingerprint density at radius 3 is 2.38 bits per heavy atom. The van der Waals surface area contributed by atoms with E-state index < -0.39 is 17.9 Å². The lowest BCUT2D eigenvalue weighted by molar-refractivity contribution is -0.139. The average Bonchev–Trinajstić information content (AvgIpc) is 3.03. The Labute approximate surface area is 250 Å². The summed E-state index contributed by atoms with van der Waals surface area (Å²) in [6.07, 6.45) is 5.89. The van der Waals surface area contributed by atoms with Crippen molar-refractivity contribution in [1.29, 1.82) is 0 Å². The fourth-order valence-electron chi connectivity index (χ4n) is 5.10. The van der Waals surface area contributed by atoms with E-state index in [1.807, 2.05) is 79.2 Å². The Bertz CT molecular complexity index is 1660. The number of carboxylic acid groups (broad SMARTS) is 1. The first-order valence-electron chi connectivity index (χ1n) is 13.9. The van der Waals surface area contributed by atoms with Gasteiger partial charge in [-0.15, -0.1) is 0 Å². The van der Waals surface area contributed by atoms with Crippen molar-refractivity contribution in [2.75, 3.05) is 16.9 Å². The van der Waals surface area contributed by atoms with Crippen LogP contribution in [-0.2, 0) is 17.9 Å². The summed E-state index contributed by atoms with van der Waals surface area (Å²) in [5.41, 5.74) is 5.33. The monoisotopic (exact) mass is 575 g/mol. The normalized spacial score (nSPS) is 11.6. The van der Waals surface area contributed by atoms with Crippen LogP contribution in [0.3, 0.4) is 0 Å². The molecule has 0 spiro atoms. The van der Waals surface area contributed by atoms with Crippen LogP contribution in [0.4, 0.5) is 5.69 Å². The highest BCUT2D eigenvalue weighted by Crippen LogP contribution is 2.33. The first kappa shape index (κ1) is 28.9. The van der Waals surface area contributed by atoms with E-state index >= 15 is 0 Å². The molecule has 0 fully saturated rings. The fourth-order valence-corrected chi connectivity index (χ4v) is 5.57. The number of nitrogens with zero attached hydrogens (tertiary/aromatic N) is 2. The topological polar surface area (TPSA) is 82.5 Å². The summed E-state index contributed by atoms with van der Waals surface area (Å²) >= 11 is 1.55. The lowest BCUT2D eigenvalue weighted by Gasteiger charge is -2.25. The summed E-state index contributed by atoms with van der Waals surface area (Å²) in [5.74, 6) is -0.794. The van der Waals surface area contributed by atoms with Gasteiger partial charge in [0.05, 0.1) is 11.9 Å². The summed E-state index contributed by atoms with van der Waals surface area (Å²) in [6, 6.07) is 33.3. The van der Waals surface area contributed by atoms with Crippen LogP contribution < -0.4 is 10.2 Å². The van der Waals surface area contributed by atoms with Crippen LogP contribution in [0.25, 0.3) is 21.9 Å². The van der Waals surface area contributed by atoms with E-state index in [1.165, 1.54) is 5.56 Å². The Morgan fingerprint density at radius 1 is 0.857 bits per heavy atom. The lowest BCUT2D eigenvalue weighted by atomic mass is 9.92. The van der Waals surface area contributed by atoms with Crippen LogP contribution in [0.5, 0.6) is 0 Å². The highest BCUT2D eigenvalue weighted by Gasteiger charge is 2.23. The summed E-state index contributed by atoms with van der Waals surface area (Å²) in [4.78, 5) is 32.2. The number of rotatable bonds is 12. The number of pyridine rings is 1. The van der Waals surface area contributed by atoms with Gasteiger partial charge in [-0.25, -0.2) is 4.79 Å². The Morgan fingerprint density at radius 2 is 1.62 bits per heavy atom. The molecule has 2 N–H and O–H groups in total. The van der Waals surface area contributed by atoms with Crippen LogP contribution in [0.1, 0.15) is 27.9 Å². The number of carbonyl (C=O) groups excluding carboxylic acids is 1. The molecule has 4 aromatic carbocycles. The molecule has 5 rings (SSSR count). The third kappa shape index (κ3) is 6.98. The molecule has 0 saturated heterocycles. The molecule has 7 heteroatoms. The predicted molar refractivity (Wildman–Crippen MR) is 172 cm³/mol. The zero-order valence-electron chi connectivity index (χ0n) is 23.4. The second kappa shape index (κ2) is 13.8. The highest BCUT2D eigenvalue weighted by molar-refractivity contribution is 7.98. The standard InChI is InChI=1S/C35H33N3O3S/c1-42-20-18-33(35(40)41)37-34(39)31-17-16-26(21-32(31)30-15-7-12-27-11-5-6-14-29(27)30)24-38(28-13-8-19-36-22-28)23-25-9-3-2-4-10-25/h2-17,19,21-22,33H,18,20,23-24H2,1H3,(H,37,39)(H,40,41)/t33-/m0/s1. The zero-order valence-corrected chi connectivity index (χ0v) is 24.3. The molecule has 0 radical (unpaired) electrons. The van der Waals surface area contributed by atoms with Gasteiger partial charge in [-0.1, -0.05) is 78.9 Å². The molecule has 1 aromatic heterocycles. The van der Waals surface area contributed by atoms with E-state index in [2.05, 4.69) is 51.6 Å². The maximum Gasteiger partial charge on any atom is 0.326 e. The first-order chi connectivity index (χ1) is 20.5. The molecule has 42 heavy (non-hydrogen) atoms. The average molecular weight is 576 g/mol. The number of hydrogen-bond donors (Lipinski definition) is 2. The van der Waals surface area contributed by atoms with Gasteiger partial charge < -0.3 is 15.3 Å². The number of anilines is 1. The number of fused-ring (bicyclic) bond motifs is 1. The van der Waals surface area contributed by atoms with Crippen LogP contribution in [0.15, 0.2) is 116 Å². The van der Waals surface area contributed by atoms with Crippen molar-refractivity contribution in [3.63, 3.8) is 0 Å². The summed E-state index contributed by atoms with van der Waals surface area (Å²) in [5, 5.41) is 14.6. The second-order valence-corrected chi connectivity index (χ2v) is 11.1. The van der Waals surface area contributed by atoms with Gasteiger partial charge in [0.15, 0.2) is 0 Å². The van der Waals surface area contributed by atoms with Gasteiger partial charge in [0, 0.05) is 24.8 Å². The molecule has 1 heterocycles. The number of carboxylic acids is 1. The van der Waals surface area contributed by atoms with E-state index in [4.69, 9.17) is 0 Å². The SMILES string of the molecule is CSCC[C@H](NC(=O)c1ccc(CN(Cc2ccccc2)c2cccnc2)cc1-c1cccc2ccccc12)C(=O)O. The minimum Gasteiger partial charge on any atom is -0.480 e. The van der Waals surface area contributed by atoms with Crippen molar-refractivity contribution < 1.29 is 14.7 Å². The lowest BCUT2D eigenvalue weighted by Crippen LogP contribution is -2.41. The molecule has 0 aliphatic carbocycles. The Hall–Kier alpha value is -4.62. The van der Waals surface area contributed by atoms with Gasteiger partial charge in [0.1, 0.15) is 6.04 Å². The van der Waals surface area contributed by atoms with Crippen molar-refractivity contribution in [3.8, 4) is 11.1 Å². The van der Waals surface area contributed by atoms with E-state index in [1.54, 1.807) is 18.0 Å². The molecule has 1 atom stereocenters. The van der Waals surface area contributed by atoms with Crippen LogP contribution in [0, 0.1) is 0 Å². The van der Waals surface area contributed by atoms with Crippen LogP contribution in [-0.4, -0.2) is 40.0 Å². The van der Waals surface area contributed by atoms with Crippen molar-refractivity contribution >= 4 is 40.1 Å². The largest absolute Gasteiger partial charge is 0.480 e. The van der Waals surface area contributed by atoms with Crippen LogP contribution >= 0.6 is 11.8 Å². The van der Waals surface area contributed by atoms with Gasteiger partial charge in [-0.05, 0) is 75.7 Å². The molecule has 1 amide bonds. The molecule has 0 aliphatic heterocycles. The van der Waals surface area contributed by atoms with Gasteiger partial charge in [-0.2, -0.15) is 11.8 Å².